The summed E-state index contributed by atoms with van der Waals surface area (Å²) in [5, 5.41) is 0. The van der Waals surface area contributed by atoms with Gasteiger partial charge < -0.3 is 14.3 Å². The molecule has 0 saturated carbocycles. The first-order chi connectivity index (χ1) is 16.3. The molecule has 0 aliphatic carbocycles. The number of aryl methyl sites for hydroxylation is 2. The van der Waals surface area contributed by atoms with Crippen molar-refractivity contribution < 1.29 is 4.42 Å². The number of aromatic nitrogens is 3. The predicted molar refractivity (Wildman–Crippen MR) is 138 cm³/mol. The fourth-order valence-corrected chi connectivity index (χ4v) is 4.67. The highest BCUT2D eigenvalue weighted by atomic mass is 16.4. The van der Waals surface area contributed by atoms with Crippen molar-refractivity contribution >= 4 is 16.7 Å². The number of H-pyrrole nitrogens is 1. The van der Waals surface area contributed by atoms with Gasteiger partial charge in [0.2, 0.25) is 0 Å². The number of benzene rings is 2. The van der Waals surface area contributed by atoms with Gasteiger partial charge in [0.15, 0.2) is 5.89 Å². The lowest BCUT2D eigenvalue weighted by atomic mass is 9.87. The molecule has 0 radical (unpaired) electrons. The number of rotatable bonds is 5. The number of anilines is 1. The van der Waals surface area contributed by atoms with Crippen LogP contribution in [0.3, 0.4) is 0 Å². The Hall–Kier alpha value is -3.12. The minimum Gasteiger partial charge on any atom is -0.444 e. The molecular weight excluding hydrogens is 422 g/mol. The number of oxazole rings is 1. The van der Waals surface area contributed by atoms with E-state index in [1.807, 2.05) is 6.92 Å². The number of imidazole rings is 1. The van der Waals surface area contributed by atoms with Gasteiger partial charge >= 0.3 is 0 Å². The summed E-state index contributed by atoms with van der Waals surface area (Å²) in [5.74, 6) is 2.76. The van der Waals surface area contributed by atoms with Crippen LogP contribution in [0.5, 0.6) is 0 Å². The third-order valence-corrected chi connectivity index (χ3v) is 6.84. The number of nitrogens with zero attached hydrogens (tertiary/aromatic N) is 4. The Morgan fingerprint density at radius 2 is 1.71 bits per heavy atom. The van der Waals surface area contributed by atoms with E-state index in [2.05, 4.69) is 89.9 Å². The Bertz CT molecular complexity index is 1270. The molecule has 0 spiro atoms. The molecule has 1 fully saturated rings. The molecule has 0 unspecified atom stereocenters. The van der Waals surface area contributed by atoms with E-state index in [1.165, 1.54) is 11.3 Å². The van der Waals surface area contributed by atoms with Crippen LogP contribution < -0.4 is 4.90 Å². The van der Waals surface area contributed by atoms with Gasteiger partial charge in [0.1, 0.15) is 17.1 Å². The lowest BCUT2D eigenvalue weighted by molar-refractivity contribution is 0.228. The number of aromatic amines is 1. The van der Waals surface area contributed by atoms with E-state index in [0.29, 0.717) is 0 Å². The molecular formula is C28H35N5O. The van der Waals surface area contributed by atoms with Crippen LogP contribution in [0.25, 0.3) is 22.4 Å². The van der Waals surface area contributed by atoms with Crippen LogP contribution in [-0.2, 0) is 18.4 Å². The summed E-state index contributed by atoms with van der Waals surface area (Å²) in [6.45, 7) is 15.6. The van der Waals surface area contributed by atoms with Gasteiger partial charge in [0.05, 0.1) is 23.4 Å². The SMILES string of the molecule is CCc1nc(C)c(CN2CCN(c3cccc4[nH]c(-c5ccc(C(C)(C)C)cc5)nc34)CC2)o1. The number of hydrogen-bond acceptors (Lipinski definition) is 5. The average molecular weight is 458 g/mol. The molecule has 6 heteroatoms. The Kier molecular flexibility index (Phi) is 5.94. The molecule has 1 aliphatic rings. The molecule has 0 atom stereocenters. The zero-order valence-corrected chi connectivity index (χ0v) is 21.0. The summed E-state index contributed by atoms with van der Waals surface area (Å²) in [6.07, 6.45) is 0.838. The van der Waals surface area contributed by atoms with E-state index in [0.717, 1.165) is 78.9 Å². The molecule has 0 amide bonds. The van der Waals surface area contributed by atoms with Crippen LogP contribution in [0.4, 0.5) is 5.69 Å². The zero-order chi connectivity index (χ0) is 23.9. The molecule has 2 aromatic carbocycles. The zero-order valence-electron chi connectivity index (χ0n) is 21.0. The van der Waals surface area contributed by atoms with Gasteiger partial charge in [0.25, 0.3) is 0 Å². The van der Waals surface area contributed by atoms with E-state index in [4.69, 9.17) is 9.40 Å². The van der Waals surface area contributed by atoms with Crippen molar-refractivity contribution in [3.8, 4) is 11.4 Å². The van der Waals surface area contributed by atoms with Gasteiger partial charge in [-0.1, -0.05) is 58.0 Å². The summed E-state index contributed by atoms with van der Waals surface area (Å²) >= 11 is 0. The minimum atomic E-state index is 0.145. The van der Waals surface area contributed by atoms with Crippen molar-refractivity contribution in [2.45, 2.75) is 53.0 Å². The van der Waals surface area contributed by atoms with E-state index >= 15 is 0 Å². The number of fused-ring (bicyclic) bond motifs is 1. The van der Waals surface area contributed by atoms with Crippen molar-refractivity contribution in [2.75, 3.05) is 31.1 Å². The summed E-state index contributed by atoms with van der Waals surface area (Å²) in [5.41, 5.74) is 6.94. The maximum atomic E-state index is 5.93. The van der Waals surface area contributed by atoms with Crippen molar-refractivity contribution in [1.82, 2.24) is 19.9 Å². The van der Waals surface area contributed by atoms with Gasteiger partial charge in [0, 0.05) is 38.2 Å². The molecule has 0 bridgehead atoms. The van der Waals surface area contributed by atoms with E-state index in [9.17, 15) is 0 Å². The van der Waals surface area contributed by atoms with Crippen molar-refractivity contribution in [3.63, 3.8) is 0 Å². The summed E-state index contributed by atoms with van der Waals surface area (Å²) in [7, 11) is 0. The average Bonchev–Trinajstić information content (AvgIpc) is 3.42. The first-order valence-corrected chi connectivity index (χ1v) is 12.3. The summed E-state index contributed by atoms with van der Waals surface area (Å²) < 4.78 is 5.93. The van der Waals surface area contributed by atoms with Crippen molar-refractivity contribution in [2.24, 2.45) is 0 Å². The third-order valence-electron chi connectivity index (χ3n) is 6.84. The van der Waals surface area contributed by atoms with Crippen molar-refractivity contribution in [1.29, 1.82) is 0 Å². The van der Waals surface area contributed by atoms with Gasteiger partial charge in [-0.3, -0.25) is 4.90 Å². The fourth-order valence-electron chi connectivity index (χ4n) is 4.67. The Morgan fingerprint density at radius 3 is 2.35 bits per heavy atom. The van der Waals surface area contributed by atoms with E-state index in [-0.39, 0.29) is 5.41 Å². The number of para-hydroxylation sites is 1. The van der Waals surface area contributed by atoms with Gasteiger partial charge in [-0.2, -0.15) is 0 Å². The van der Waals surface area contributed by atoms with Crippen LogP contribution in [0.2, 0.25) is 0 Å². The topological polar surface area (TPSA) is 61.2 Å². The highest BCUT2D eigenvalue weighted by Gasteiger charge is 2.22. The molecule has 1 N–H and O–H groups in total. The predicted octanol–water partition coefficient (Wildman–Crippen LogP) is 5.71. The lowest BCUT2D eigenvalue weighted by Gasteiger charge is -2.35. The standard InChI is InChI=1S/C28H35N5O/c1-6-25-29-19(2)24(34-25)18-32-14-16-33(17-15-32)23-9-7-8-22-26(23)31-27(30-22)20-10-12-21(13-11-20)28(3,4)5/h7-13H,6,14-18H2,1-5H3,(H,30,31). The first kappa shape index (κ1) is 22.7. The molecule has 6 nitrogen and oxygen atoms in total. The molecule has 178 valence electrons. The van der Waals surface area contributed by atoms with Gasteiger partial charge in [-0.25, -0.2) is 9.97 Å². The van der Waals surface area contributed by atoms with E-state index < -0.39 is 0 Å². The smallest absolute Gasteiger partial charge is 0.194 e. The third kappa shape index (κ3) is 4.47. The van der Waals surface area contributed by atoms with E-state index in [1.54, 1.807) is 0 Å². The maximum Gasteiger partial charge on any atom is 0.194 e. The summed E-state index contributed by atoms with van der Waals surface area (Å²) in [6, 6.07) is 15.2. The highest BCUT2D eigenvalue weighted by Crippen LogP contribution is 2.30. The highest BCUT2D eigenvalue weighted by molar-refractivity contribution is 5.91. The molecule has 3 heterocycles. The van der Waals surface area contributed by atoms with Crippen LogP contribution in [0.15, 0.2) is 46.9 Å². The number of piperazine rings is 1. The van der Waals surface area contributed by atoms with Crippen LogP contribution in [-0.4, -0.2) is 46.0 Å². The lowest BCUT2D eigenvalue weighted by Crippen LogP contribution is -2.46. The second kappa shape index (κ2) is 8.91. The monoisotopic (exact) mass is 457 g/mol. The molecule has 1 aliphatic heterocycles. The first-order valence-electron chi connectivity index (χ1n) is 12.3. The van der Waals surface area contributed by atoms with Crippen LogP contribution in [0, 0.1) is 6.92 Å². The molecule has 1 saturated heterocycles. The second-order valence-electron chi connectivity index (χ2n) is 10.3. The Labute approximate surface area is 202 Å². The van der Waals surface area contributed by atoms with Gasteiger partial charge in [-0.15, -0.1) is 0 Å². The normalized spacial score (nSPS) is 15.4. The maximum absolute atomic E-state index is 5.93. The second-order valence-corrected chi connectivity index (χ2v) is 10.3. The Morgan fingerprint density at radius 1 is 0.971 bits per heavy atom. The fraction of sp³-hybridized carbons (Fsp3) is 0.429. The van der Waals surface area contributed by atoms with Crippen molar-refractivity contribution in [3.05, 3.63) is 65.4 Å². The molecule has 2 aromatic heterocycles. The number of hydrogen-bond donors (Lipinski definition) is 1. The summed E-state index contributed by atoms with van der Waals surface area (Å²) in [4.78, 5) is 18.0. The number of nitrogens with one attached hydrogen (secondary N) is 1. The molecule has 4 aromatic rings. The quantitative estimate of drug-likeness (QED) is 0.416. The van der Waals surface area contributed by atoms with Crippen LogP contribution in [0.1, 0.15) is 50.6 Å². The Balaban J connectivity index is 1.32. The largest absolute Gasteiger partial charge is 0.444 e. The van der Waals surface area contributed by atoms with Crippen LogP contribution >= 0.6 is 0 Å². The molecule has 5 rings (SSSR count). The van der Waals surface area contributed by atoms with Gasteiger partial charge in [-0.05, 0) is 30.0 Å². The molecule has 34 heavy (non-hydrogen) atoms. The minimum absolute atomic E-state index is 0.145.